The minimum Gasteiger partial charge on any atom is -0.352 e. The van der Waals surface area contributed by atoms with Crippen LogP contribution in [0, 0.1) is 11.8 Å². The zero-order valence-electron chi connectivity index (χ0n) is 15.5. The van der Waals surface area contributed by atoms with Crippen molar-refractivity contribution >= 4 is 17.5 Å². The lowest BCUT2D eigenvalue weighted by Crippen LogP contribution is -2.33. The van der Waals surface area contributed by atoms with E-state index in [-0.39, 0.29) is 23.1 Å². The summed E-state index contributed by atoms with van der Waals surface area (Å²) >= 11 is 0. The smallest absolute Gasteiger partial charge is 0.243 e. The first-order chi connectivity index (χ1) is 11.8. The maximum atomic E-state index is 12.4. The molecule has 0 unspecified atom stereocenters. The molecule has 1 aromatic heterocycles. The lowest BCUT2D eigenvalue weighted by atomic mass is 9.81. The Bertz CT molecular complexity index is 609. The molecule has 2 N–H and O–H groups in total. The number of hydrogen-bond acceptors (Lipinski definition) is 3. The molecule has 0 aromatic carbocycles. The summed E-state index contributed by atoms with van der Waals surface area (Å²) in [7, 11) is 0. The van der Waals surface area contributed by atoms with E-state index in [0.29, 0.717) is 12.5 Å². The number of amides is 2. The molecule has 0 bridgehead atoms. The van der Waals surface area contributed by atoms with E-state index in [1.165, 1.54) is 6.08 Å². The average Bonchev–Trinajstić information content (AvgIpc) is 2.59. The van der Waals surface area contributed by atoms with E-state index < -0.39 is 0 Å². The highest BCUT2D eigenvalue weighted by molar-refractivity contribution is 5.92. The molecule has 0 saturated heterocycles. The number of rotatable bonds is 5. The van der Waals surface area contributed by atoms with Gasteiger partial charge in [-0.3, -0.25) is 14.6 Å². The van der Waals surface area contributed by atoms with Crippen LogP contribution in [-0.2, 0) is 15.0 Å². The van der Waals surface area contributed by atoms with Gasteiger partial charge >= 0.3 is 0 Å². The Morgan fingerprint density at radius 2 is 1.92 bits per heavy atom. The topological polar surface area (TPSA) is 71.1 Å². The van der Waals surface area contributed by atoms with Crippen LogP contribution in [-0.4, -0.2) is 23.3 Å². The van der Waals surface area contributed by atoms with Crippen molar-refractivity contribution in [3.8, 4) is 0 Å². The Hall–Kier alpha value is -2.17. The number of nitrogens with one attached hydrogen (secondary N) is 2. The second-order valence-corrected chi connectivity index (χ2v) is 7.84. The van der Waals surface area contributed by atoms with E-state index in [4.69, 9.17) is 0 Å². The molecule has 0 spiro atoms. The molecule has 0 atom stereocenters. The quantitative estimate of drug-likeness (QED) is 0.805. The van der Waals surface area contributed by atoms with Gasteiger partial charge in [0, 0.05) is 23.6 Å². The summed E-state index contributed by atoms with van der Waals surface area (Å²) in [5, 5.41) is 5.82. The van der Waals surface area contributed by atoms with Gasteiger partial charge in [0.1, 0.15) is 0 Å². The van der Waals surface area contributed by atoms with E-state index in [2.05, 4.69) is 43.0 Å². The SMILES string of the molecule is C=CC(=O)NCC1CCC(C(=O)Nc2ccc(C(C)(C)C)nc2)CC1. The predicted molar refractivity (Wildman–Crippen MR) is 100 cm³/mol. The minimum absolute atomic E-state index is 0.00192. The Kier molecular flexibility index (Phi) is 6.34. The van der Waals surface area contributed by atoms with Gasteiger partial charge in [-0.1, -0.05) is 27.4 Å². The fourth-order valence-electron chi connectivity index (χ4n) is 3.10. The monoisotopic (exact) mass is 343 g/mol. The number of anilines is 1. The lowest BCUT2D eigenvalue weighted by Gasteiger charge is -2.27. The summed E-state index contributed by atoms with van der Waals surface area (Å²) in [6.07, 6.45) is 6.64. The highest BCUT2D eigenvalue weighted by atomic mass is 16.2. The van der Waals surface area contributed by atoms with E-state index in [1.807, 2.05) is 12.1 Å². The number of pyridine rings is 1. The highest BCUT2D eigenvalue weighted by Gasteiger charge is 2.26. The third-order valence-corrected chi connectivity index (χ3v) is 4.77. The molecule has 25 heavy (non-hydrogen) atoms. The van der Waals surface area contributed by atoms with Gasteiger partial charge in [0.25, 0.3) is 0 Å². The van der Waals surface area contributed by atoms with Crippen LogP contribution in [0.1, 0.15) is 52.1 Å². The van der Waals surface area contributed by atoms with Crippen molar-refractivity contribution in [1.82, 2.24) is 10.3 Å². The maximum absolute atomic E-state index is 12.4. The number of carbonyl (C=O) groups excluding carboxylic acids is 2. The molecular formula is C20H29N3O2. The van der Waals surface area contributed by atoms with Crippen molar-refractivity contribution in [2.45, 2.75) is 51.9 Å². The van der Waals surface area contributed by atoms with Crippen molar-refractivity contribution in [2.75, 3.05) is 11.9 Å². The summed E-state index contributed by atoms with van der Waals surface area (Å²) in [4.78, 5) is 28.1. The van der Waals surface area contributed by atoms with Gasteiger partial charge in [0.05, 0.1) is 11.9 Å². The van der Waals surface area contributed by atoms with Gasteiger partial charge < -0.3 is 10.6 Å². The summed E-state index contributed by atoms with van der Waals surface area (Å²) < 4.78 is 0. The molecule has 1 fully saturated rings. The lowest BCUT2D eigenvalue weighted by molar-refractivity contribution is -0.121. The van der Waals surface area contributed by atoms with Gasteiger partial charge in [-0.05, 0) is 49.8 Å². The molecule has 136 valence electrons. The molecule has 1 heterocycles. The van der Waals surface area contributed by atoms with Crippen LogP contribution in [0.5, 0.6) is 0 Å². The molecule has 1 aliphatic rings. The van der Waals surface area contributed by atoms with Crippen LogP contribution in [0.3, 0.4) is 0 Å². The van der Waals surface area contributed by atoms with Gasteiger partial charge in [0.15, 0.2) is 0 Å². The molecule has 2 amide bonds. The molecule has 2 rings (SSSR count). The summed E-state index contributed by atoms with van der Waals surface area (Å²) in [6, 6.07) is 3.89. The summed E-state index contributed by atoms with van der Waals surface area (Å²) in [5.74, 6) is 0.416. The first-order valence-electron chi connectivity index (χ1n) is 8.97. The average molecular weight is 343 g/mol. The van der Waals surface area contributed by atoms with Crippen LogP contribution < -0.4 is 10.6 Å². The van der Waals surface area contributed by atoms with Gasteiger partial charge in [-0.15, -0.1) is 0 Å². The van der Waals surface area contributed by atoms with Crippen LogP contribution in [0.25, 0.3) is 0 Å². The zero-order chi connectivity index (χ0) is 18.4. The number of aromatic nitrogens is 1. The van der Waals surface area contributed by atoms with E-state index in [9.17, 15) is 9.59 Å². The standard InChI is InChI=1S/C20H29N3O2/c1-5-18(24)22-12-14-6-8-15(9-7-14)19(25)23-16-10-11-17(21-13-16)20(2,3)4/h5,10-11,13-15H,1,6-9,12H2,2-4H3,(H,22,24)(H,23,25). The van der Waals surface area contributed by atoms with Crippen molar-refractivity contribution in [2.24, 2.45) is 11.8 Å². The molecule has 1 saturated carbocycles. The van der Waals surface area contributed by atoms with Crippen molar-refractivity contribution in [3.05, 3.63) is 36.7 Å². The maximum Gasteiger partial charge on any atom is 0.243 e. The third-order valence-electron chi connectivity index (χ3n) is 4.77. The van der Waals surface area contributed by atoms with Gasteiger partial charge in [0.2, 0.25) is 11.8 Å². The van der Waals surface area contributed by atoms with Crippen molar-refractivity contribution < 1.29 is 9.59 Å². The van der Waals surface area contributed by atoms with E-state index in [1.54, 1.807) is 6.20 Å². The second kappa shape index (κ2) is 8.28. The Morgan fingerprint density at radius 3 is 2.44 bits per heavy atom. The first-order valence-corrected chi connectivity index (χ1v) is 8.97. The predicted octanol–water partition coefficient (Wildman–Crippen LogP) is 3.43. The molecule has 0 radical (unpaired) electrons. The van der Waals surface area contributed by atoms with Crippen LogP contribution in [0.15, 0.2) is 31.0 Å². The molecule has 0 aliphatic heterocycles. The Labute approximate surface area is 150 Å². The highest BCUT2D eigenvalue weighted by Crippen LogP contribution is 2.29. The number of hydrogen-bond donors (Lipinski definition) is 2. The van der Waals surface area contributed by atoms with Crippen LogP contribution in [0.2, 0.25) is 0 Å². The minimum atomic E-state index is -0.133. The molecule has 5 nitrogen and oxygen atoms in total. The third kappa shape index (κ3) is 5.69. The number of nitrogens with zero attached hydrogens (tertiary/aromatic N) is 1. The van der Waals surface area contributed by atoms with Crippen molar-refractivity contribution in [3.63, 3.8) is 0 Å². The molecule has 1 aromatic rings. The largest absolute Gasteiger partial charge is 0.352 e. The molecule has 1 aliphatic carbocycles. The first kappa shape index (κ1) is 19.2. The summed E-state index contributed by atoms with van der Waals surface area (Å²) in [5.41, 5.74) is 1.76. The molecular weight excluding hydrogens is 314 g/mol. The van der Waals surface area contributed by atoms with Crippen LogP contribution in [0.4, 0.5) is 5.69 Å². The second-order valence-electron chi connectivity index (χ2n) is 7.84. The van der Waals surface area contributed by atoms with E-state index >= 15 is 0 Å². The fourth-order valence-corrected chi connectivity index (χ4v) is 3.10. The zero-order valence-corrected chi connectivity index (χ0v) is 15.5. The number of carbonyl (C=O) groups is 2. The van der Waals surface area contributed by atoms with E-state index in [0.717, 1.165) is 37.1 Å². The van der Waals surface area contributed by atoms with Gasteiger partial charge in [-0.25, -0.2) is 0 Å². The van der Waals surface area contributed by atoms with Gasteiger partial charge in [-0.2, -0.15) is 0 Å². The Morgan fingerprint density at radius 1 is 1.24 bits per heavy atom. The van der Waals surface area contributed by atoms with Crippen LogP contribution >= 0.6 is 0 Å². The van der Waals surface area contributed by atoms with Crippen molar-refractivity contribution in [1.29, 1.82) is 0 Å². The Balaban J connectivity index is 1.80. The summed E-state index contributed by atoms with van der Waals surface area (Å²) in [6.45, 7) is 10.5. The normalized spacial score (nSPS) is 20.6. The fraction of sp³-hybridized carbons (Fsp3) is 0.550. The molecule has 5 heteroatoms.